The summed E-state index contributed by atoms with van der Waals surface area (Å²) in [5, 5.41) is 0. The van der Waals surface area contributed by atoms with Gasteiger partial charge in [0.1, 0.15) is 11.6 Å². The van der Waals surface area contributed by atoms with Gasteiger partial charge in [0.25, 0.3) is 0 Å². The summed E-state index contributed by atoms with van der Waals surface area (Å²) in [5.41, 5.74) is 1.07. The van der Waals surface area contributed by atoms with Crippen molar-refractivity contribution in [1.82, 2.24) is 14.9 Å². The van der Waals surface area contributed by atoms with E-state index in [1.807, 2.05) is 0 Å². The van der Waals surface area contributed by atoms with Crippen molar-refractivity contribution in [3.05, 3.63) is 17.6 Å². The van der Waals surface area contributed by atoms with E-state index in [0.717, 1.165) is 36.8 Å². The van der Waals surface area contributed by atoms with Crippen LogP contribution < -0.4 is 4.90 Å². The molecule has 2 fully saturated rings. The van der Waals surface area contributed by atoms with Crippen molar-refractivity contribution in [3.8, 4) is 0 Å². The van der Waals surface area contributed by atoms with E-state index in [1.54, 1.807) is 7.11 Å². The zero-order chi connectivity index (χ0) is 15.0. The maximum Gasteiger partial charge on any atom is 0.134 e. The number of rotatable bonds is 5. The summed E-state index contributed by atoms with van der Waals surface area (Å²) in [6, 6.07) is 2.62. The predicted octanol–water partition coefficient (Wildman–Crippen LogP) is 1.82. The van der Waals surface area contributed by atoms with Crippen molar-refractivity contribution in [2.24, 2.45) is 0 Å². The van der Waals surface area contributed by atoms with E-state index in [-0.39, 0.29) is 0 Å². The first-order chi connectivity index (χ1) is 10.1. The second-order valence-corrected chi connectivity index (χ2v) is 6.57. The number of aromatic nitrogens is 2. The van der Waals surface area contributed by atoms with Crippen molar-refractivity contribution in [2.45, 2.75) is 44.2 Å². The molecular formula is C16H26N4O. The van der Waals surface area contributed by atoms with Crippen LogP contribution in [0.25, 0.3) is 0 Å². The molecule has 1 aromatic rings. The Morgan fingerprint density at radius 3 is 2.76 bits per heavy atom. The Bertz CT molecular complexity index is 503. The third kappa shape index (κ3) is 3.35. The van der Waals surface area contributed by atoms with Gasteiger partial charge in [-0.1, -0.05) is 0 Å². The highest BCUT2D eigenvalue weighted by Crippen LogP contribution is 2.38. The number of nitrogens with zero attached hydrogens (tertiary/aromatic N) is 4. The average Bonchev–Trinajstić information content (AvgIpc) is 3.24. The quantitative estimate of drug-likeness (QED) is 0.827. The summed E-state index contributed by atoms with van der Waals surface area (Å²) in [6.07, 6.45) is 3.94. The summed E-state index contributed by atoms with van der Waals surface area (Å²) in [6.45, 7) is 4.07. The van der Waals surface area contributed by atoms with Crippen LogP contribution in [-0.2, 0) is 4.74 Å². The molecule has 0 N–H and O–H groups in total. The standard InChI is InChI=1S/C16H26N4O/c1-11-7-15(18-16(17-11)12-5-6-12)20(3)9-13-8-14(21-4)10-19(13)2/h7,12-14H,5-6,8-10H2,1-4H3/t13-,14-/m0/s1. The zero-order valence-electron chi connectivity index (χ0n) is 13.5. The molecule has 0 aromatic carbocycles. The van der Waals surface area contributed by atoms with Gasteiger partial charge in [-0.3, -0.25) is 4.90 Å². The van der Waals surface area contributed by atoms with Crippen molar-refractivity contribution in [3.63, 3.8) is 0 Å². The van der Waals surface area contributed by atoms with E-state index in [4.69, 9.17) is 9.72 Å². The molecule has 1 aromatic heterocycles. The van der Waals surface area contributed by atoms with Gasteiger partial charge in [-0.2, -0.15) is 0 Å². The van der Waals surface area contributed by atoms with Crippen molar-refractivity contribution < 1.29 is 4.74 Å². The SMILES string of the molecule is CO[C@H]1C[C@@H](CN(C)c2cc(C)nc(C3CC3)n2)N(C)C1. The van der Waals surface area contributed by atoms with Gasteiger partial charge >= 0.3 is 0 Å². The summed E-state index contributed by atoms with van der Waals surface area (Å²) < 4.78 is 5.49. The second kappa shape index (κ2) is 5.89. The molecule has 0 amide bonds. The Morgan fingerprint density at radius 1 is 1.38 bits per heavy atom. The first-order valence-electron chi connectivity index (χ1n) is 7.86. The molecule has 0 radical (unpaired) electrons. The number of ether oxygens (including phenoxy) is 1. The number of aryl methyl sites for hydroxylation is 1. The third-order valence-electron chi connectivity index (χ3n) is 4.66. The van der Waals surface area contributed by atoms with Crippen LogP contribution >= 0.6 is 0 Å². The molecule has 1 saturated carbocycles. The lowest BCUT2D eigenvalue weighted by molar-refractivity contribution is 0.111. The van der Waals surface area contributed by atoms with Gasteiger partial charge in [0.05, 0.1) is 6.10 Å². The highest BCUT2D eigenvalue weighted by molar-refractivity contribution is 5.39. The molecule has 116 valence electrons. The molecule has 5 nitrogen and oxygen atoms in total. The number of likely N-dealkylation sites (N-methyl/N-ethyl adjacent to an activating group) is 2. The smallest absolute Gasteiger partial charge is 0.134 e. The fourth-order valence-electron chi connectivity index (χ4n) is 3.12. The molecule has 2 heterocycles. The van der Waals surface area contributed by atoms with E-state index in [0.29, 0.717) is 18.1 Å². The van der Waals surface area contributed by atoms with Crippen LogP contribution in [0.3, 0.4) is 0 Å². The van der Waals surface area contributed by atoms with Gasteiger partial charge < -0.3 is 9.64 Å². The number of likely N-dealkylation sites (tertiary alicyclic amines) is 1. The summed E-state index contributed by atoms with van der Waals surface area (Å²) in [5.74, 6) is 2.69. The summed E-state index contributed by atoms with van der Waals surface area (Å²) >= 11 is 0. The molecular weight excluding hydrogens is 264 g/mol. The minimum atomic E-state index is 0.363. The van der Waals surface area contributed by atoms with Crippen molar-refractivity contribution >= 4 is 5.82 Å². The molecule has 1 saturated heterocycles. The molecule has 21 heavy (non-hydrogen) atoms. The number of hydrogen-bond acceptors (Lipinski definition) is 5. The van der Waals surface area contributed by atoms with E-state index in [1.165, 1.54) is 12.8 Å². The maximum absolute atomic E-state index is 5.49. The van der Waals surface area contributed by atoms with Gasteiger partial charge in [0.15, 0.2) is 0 Å². The number of anilines is 1. The number of methoxy groups -OCH3 is 1. The van der Waals surface area contributed by atoms with Crippen LogP contribution in [0.5, 0.6) is 0 Å². The Hall–Kier alpha value is -1.20. The normalized spacial score (nSPS) is 26.3. The van der Waals surface area contributed by atoms with E-state index in [9.17, 15) is 0 Å². The van der Waals surface area contributed by atoms with Gasteiger partial charge in [0, 0.05) is 51.0 Å². The zero-order valence-corrected chi connectivity index (χ0v) is 13.5. The van der Waals surface area contributed by atoms with Crippen LogP contribution in [0.2, 0.25) is 0 Å². The molecule has 0 spiro atoms. The maximum atomic E-state index is 5.49. The third-order valence-corrected chi connectivity index (χ3v) is 4.66. The molecule has 0 bridgehead atoms. The fourth-order valence-corrected chi connectivity index (χ4v) is 3.12. The van der Waals surface area contributed by atoms with Crippen LogP contribution in [0.4, 0.5) is 5.82 Å². The lowest BCUT2D eigenvalue weighted by Crippen LogP contribution is -2.37. The van der Waals surface area contributed by atoms with Crippen LogP contribution in [0, 0.1) is 6.92 Å². The van der Waals surface area contributed by atoms with Crippen LogP contribution in [0.1, 0.15) is 36.7 Å². The minimum Gasteiger partial charge on any atom is -0.380 e. The lowest BCUT2D eigenvalue weighted by Gasteiger charge is -2.26. The molecule has 1 aliphatic carbocycles. The number of hydrogen-bond donors (Lipinski definition) is 0. The highest BCUT2D eigenvalue weighted by Gasteiger charge is 2.31. The van der Waals surface area contributed by atoms with E-state index >= 15 is 0 Å². The molecule has 0 unspecified atom stereocenters. The van der Waals surface area contributed by atoms with Gasteiger partial charge in [0.2, 0.25) is 0 Å². The Balaban J connectivity index is 1.69. The molecule has 1 aliphatic heterocycles. The molecule has 2 aliphatic rings. The summed E-state index contributed by atoms with van der Waals surface area (Å²) in [7, 11) is 6.12. The fraction of sp³-hybridized carbons (Fsp3) is 0.750. The highest BCUT2D eigenvalue weighted by atomic mass is 16.5. The first-order valence-corrected chi connectivity index (χ1v) is 7.86. The Morgan fingerprint density at radius 2 is 2.14 bits per heavy atom. The monoisotopic (exact) mass is 290 g/mol. The average molecular weight is 290 g/mol. The largest absolute Gasteiger partial charge is 0.380 e. The second-order valence-electron chi connectivity index (χ2n) is 6.57. The van der Waals surface area contributed by atoms with E-state index < -0.39 is 0 Å². The topological polar surface area (TPSA) is 41.5 Å². The summed E-state index contributed by atoms with van der Waals surface area (Å²) in [4.78, 5) is 14.0. The van der Waals surface area contributed by atoms with Gasteiger partial charge in [-0.05, 0) is 33.2 Å². The van der Waals surface area contributed by atoms with Crippen LogP contribution in [0.15, 0.2) is 6.07 Å². The van der Waals surface area contributed by atoms with E-state index in [2.05, 4.69) is 41.9 Å². The Labute approximate surface area is 127 Å². The van der Waals surface area contributed by atoms with Crippen molar-refractivity contribution in [2.75, 3.05) is 39.2 Å². The first kappa shape index (κ1) is 14.7. The lowest BCUT2D eigenvalue weighted by atomic mass is 10.2. The molecule has 3 rings (SSSR count). The minimum absolute atomic E-state index is 0.363. The van der Waals surface area contributed by atoms with Gasteiger partial charge in [-0.15, -0.1) is 0 Å². The van der Waals surface area contributed by atoms with Crippen molar-refractivity contribution in [1.29, 1.82) is 0 Å². The van der Waals surface area contributed by atoms with Crippen LogP contribution in [-0.4, -0.2) is 61.3 Å². The predicted molar refractivity (Wildman–Crippen MR) is 83.8 cm³/mol. The Kier molecular flexibility index (Phi) is 4.13. The van der Waals surface area contributed by atoms with Gasteiger partial charge in [-0.25, -0.2) is 9.97 Å². The molecule has 5 heteroatoms. The molecule has 2 atom stereocenters.